The molecule has 3 heteroatoms. The Morgan fingerprint density at radius 3 is 2.64 bits per heavy atom. The molecule has 0 aromatic heterocycles. The number of halogens is 1. The molecule has 0 aromatic rings. The summed E-state index contributed by atoms with van der Waals surface area (Å²) in [5.41, 5.74) is 5.61. The Labute approximate surface area is 74.2 Å². The molecule has 0 aliphatic heterocycles. The van der Waals surface area contributed by atoms with Crippen LogP contribution in [0, 0.1) is 16.7 Å². The third kappa shape index (κ3) is 2.69. The van der Waals surface area contributed by atoms with Crippen molar-refractivity contribution in [3.05, 3.63) is 0 Å². The van der Waals surface area contributed by atoms with Crippen molar-refractivity contribution < 1.29 is 0 Å². The molecule has 0 saturated heterocycles. The third-order valence-electron chi connectivity index (χ3n) is 2.29. The molecule has 1 aliphatic carbocycles. The van der Waals surface area contributed by atoms with Crippen LogP contribution in [0.25, 0.3) is 0 Å². The maximum absolute atomic E-state index is 8.76. The van der Waals surface area contributed by atoms with Gasteiger partial charge in [0.1, 0.15) is 0 Å². The number of hydrogen-bond acceptors (Lipinski definition) is 2. The van der Waals surface area contributed by atoms with Crippen LogP contribution in [-0.2, 0) is 0 Å². The Balaban J connectivity index is 0.000001000. The first-order chi connectivity index (χ1) is 4.66. The van der Waals surface area contributed by atoms with Gasteiger partial charge in [0.05, 0.1) is 11.5 Å². The molecule has 1 rings (SSSR count). The molecule has 0 radical (unpaired) electrons. The van der Waals surface area contributed by atoms with Crippen LogP contribution in [0.1, 0.15) is 32.6 Å². The standard InChI is InChI=1S/C8H14N2.ClH/c1-8(6-9)4-2-3-7(10)5-8;/h7H,2-5,10H2,1H3;1H. The smallest absolute Gasteiger partial charge is 0.0687 e. The van der Waals surface area contributed by atoms with Crippen molar-refractivity contribution in [3.8, 4) is 6.07 Å². The fourth-order valence-corrected chi connectivity index (χ4v) is 1.64. The molecule has 2 unspecified atom stereocenters. The van der Waals surface area contributed by atoms with Crippen LogP contribution in [0.3, 0.4) is 0 Å². The van der Waals surface area contributed by atoms with Gasteiger partial charge in [-0.1, -0.05) is 6.42 Å². The number of nitriles is 1. The van der Waals surface area contributed by atoms with Gasteiger partial charge in [0.2, 0.25) is 0 Å². The second-order valence-corrected chi connectivity index (χ2v) is 3.53. The van der Waals surface area contributed by atoms with E-state index in [-0.39, 0.29) is 23.9 Å². The van der Waals surface area contributed by atoms with E-state index in [1.165, 1.54) is 0 Å². The first-order valence-corrected chi connectivity index (χ1v) is 3.83. The molecule has 0 spiro atoms. The molecule has 0 heterocycles. The summed E-state index contributed by atoms with van der Waals surface area (Å²) in [6.45, 7) is 2.01. The zero-order chi connectivity index (χ0) is 7.61. The molecule has 0 amide bonds. The van der Waals surface area contributed by atoms with Crippen molar-refractivity contribution in [1.82, 2.24) is 0 Å². The van der Waals surface area contributed by atoms with E-state index >= 15 is 0 Å². The molecule has 0 aromatic carbocycles. The minimum atomic E-state index is -0.127. The van der Waals surface area contributed by atoms with Gasteiger partial charge >= 0.3 is 0 Å². The highest BCUT2D eigenvalue weighted by Gasteiger charge is 2.30. The Kier molecular flexibility index (Phi) is 3.85. The summed E-state index contributed by atoms with van der Waals surface area (Å²) in [5, 5.41) is 8.76. The van der Waals surface area contributed by atoms with Gasteiger partial charge in [0.25, 0.3) is 0 Å². The number of nitrogens with two attached hydrogens (primary N) is 1. The lowest BCUT2D eigenvalue weighted by molar-refractivity contribution is 0.267. The first kappa shape index (κ1) is 10.7. The Morgan fingerprint density at radius 2 is 2.27 bits per heavy atom. The molecule has 0 bridgehead atoms. The summed E-state index contributed by atoms with van der Waals surface area (Å²) in [7, 11) is 0. The second kappa shape index (κ2) is 3.94. The van der Waals surface area contributed by atoms with Gasteiger partial charge in [0.15, 0.2) is 0 Å². The van der Waals surface area contributed by atoms with E-state index in [4.69, 9.17) is 11.0 Å². The molecule has 2 nitrogen and oxygen atoms in total. The molecule has 2 N–H and O–H groups in total. The second-order valence-electron chi connectivity index (χ2n) is 3.53. The summed E-state index contributed by atoms with van der Waals surface area (Å²) < 4.78 is 0. The molecule has 11 heavy (non-hydrogen) atoms. The fourth-order valence-electron chi connectivity index (χ4n) is 1.64. The minimum absolute atomic E-state index is 0. The average Bonchev–Trinajstić information content (AvgIpc) is 1.88. The van der Waals surface area contributed by atoms with Crippen molar-refractivity contribution in [3.63, 3.8) is 0 Å². The summed E-state index contributed by atoms with van der Waals surface area (Å²) in [6, 6.07) is 2.59. The first-order valence-electron chi connectivity index (χ1n) is 3.83. The molecule has 64 valence electrons. The average molecular weight is 175 g/mol. The Hall–Kier alpha value is -0.260. The Morgan fingerprint density at radius 1 is 1.64 bits per heavy atom. The van der Waals surface area contributed by atoms with E-state index in [0.717, 1.165) is 25.7 Å². The number of nitrogens with zero attached hydrogens (tertiary/aromatic N) is 1. The minimum Gasteiger partial charge on any atom is -0.328 e. The van der Waals surface area contributed by atoms with Crippen LogP contribution in [0.15, 0.2) is 0 Å². The summed E-state index contributed by atoms with van der Waals surface area (Å²) in [6.07, 6.45) is 4.11. The van der Waals surface area contributed by atoms with Gasteiger partial charge < -0.3 is 5.73 Å². The highest BCUT2D eigenvalue weighted by molar-refractivity contribution is 5.85. The van der Waals surface area contributed by atoms with Crippen LogP contribution in [0.2, 0.25) is 0 Å². The maximum Gasteiger partial charge on any atom is 0.0687 e. The van der Waals surface area contributed by atoms with Crippen molar-refractivity contribution in [2.75, 3.05) is 0 Å². The van der Waals surface area contributed by atoms with E-state index in [1.807, 2.05) is 6.92 Å². The van der Waals surface area contributed by atoms with Crippen LogP contribution in [-0.4, -0.2) is 6.04 Å². The predicted molar refractivity (Wildman–Crippen MR) is 47.4 cm³/mol. The van der Waals surface area contributed by atoms with E-state index in [2.05, 4.69) is 6.07 Å². The van der Waals surface area contributed by atoms with Crippen molar-refractivity contribution in [2.45, 2.75) is 38.6 Å². The Bertz CT molecular complexity index is 164. The van der Waals surface area contributed by atoms with Crippen molar-refractivity contribution in [2.24, 2.45) is 11.1 Å². The lowest BCUT2D eigenvalue weighted by Gasteiger charge is -2.30. The van der Waals surface area contributed by atoms with Crippen LogP contribution >= 0.6 is 12.4 Å². The van der Waals surface area contributed by atoms with Crippen LogP contribution in [0.4, 0.5) is 0 Å². The highest BCUT2D eigenvalue weighted by Crippen LogP contribution is 2.33. The third-order valence-corrected chi connectivity index (χ3v) is 2.29. The number of hydrogen-bond donors (Lipinski definition) is 1. The zero-order valence-electron chi connectivity index (χ0n) is 6.84. The van der Waals surface area contributed by atoms with E-state index in [1.54, 1.807) is 0 Å². The molecule has 1 saturated carbocycles. The molecule has 1 fully saturated rings. The lowest BCUT2D eigenvalue weighted by atomic mass is 9.75. The van der Waals surface area contributed by atoms with Crippen molar-refractivity contribution >= 4 is 12.4 Å². The van der Waals surface area contributed by atoms with Gasteiger partial charge in [-0.3, -0.25) is 0 Å². The topological polar surface area (TPSA) is 49.8 Å². The maximum atomic E-state index is 8.76. The van der Waals surface area contributed by atoms with Gasteiger partial charge in [-0.15, -0.1) is 12.4 Å². The predicted octanol–water partition coefficient (Wildman–Crippen LogP) is 1.84. The van der Waals surface area contributed by atoms with Gasteiger partial charge in [-0.25, -0.2) is 0 Å². The van der Waals surface area contributed by atoms with Gasteiger partial charge in [0, 0.05) is 6.04 Å². The van der Waals surface area contributed by atoms with Crippen LogP contribution in [0.5, 0.6) is 0 Å². The van der Waals surface area contributed by atoms with Crippen LogP contribution < -0.4 is 5.73 Å². The summed E-state index contributed by atoms with van der Waals surface area (Å²) >= 11 is 0. The van der Waals surface area contributed by atoms with Gasteiger partial charge in [-0.2, -0.15) is 5.26 Å². The number of rotatable bonds is 0. The summed E-state index contributed by atoms with van der Waals surface area (Å²) in [5.74, 6) is 0. The molecular formula is C8H15ClN2. The SMILES string of the molecule is CC1(C#N)CCCC(N)C1.Cl. The highest BCUT2D eigenvalue weighted by atomic mass is 35.5. The van der Waals surface area contributed by atoms with Gasteiger partial charge in [-0.05, 0) is 26.2 Å². The molecule has 1 aliphatic rings. The fraction of sp³-hybridized carbons (Fsp3) is 0.875. The monoisotopic (exact) mass is 174 g/mol. The zero-order valence-corrected chi connectivity index (χ0v) is 7.66. The quantitative estimate of drug-likeness (QED) is 0.609. The largest absolute Gasteiger partial charge is 0.328 e. The molecule has 2 atom stereocenters. The van der Waals surface area contributed by atoms with E-state index in [9.17, 15) is 0 Å². The lowest BCUT2D eigenvalue weighted by Crippen LogP contribution is -2.33. The normalized spacial score (nSPS) is 37.0. The van der Waals surface area contributed by atoms with E-state index < -0.39 is 0 Å². The summed E-state index contributed by atoms with van der Waals surface area (Å²) in [4.78, 5) is 0. The van der Waals surface area contributed by atoms with E-state index in [0.29, 0.717) is 0 Å². The molecular weight excluding hydrogens is 160 g/mol. The van der Waals surface area contributed by atoms with Crippen molar-refractivity contribution in [1.29, 1.82) is 5.26 Å².